The molecule has 0 aromatic heterocycles. The van der Waals surface area contributed by atoms with Crippen molar-refractivity contribution in [1.82, 2.24) is 0 Å². The molecule has 0 amide bonds. The van der Waals surface area contributed by atoms with E-state index in [1.807, 2.05) is 6.07 Å². The number of hydrogen-bond acceptors (Lipinski definition) is 2. The average molecular weight is 349 g/mol. The highest BCUT2D eigenvalue weighted by molar-refractivity contribution is 9.10. The highest BCUT2D eigenvalue weighted by Crippen LogP contribution is 2.25. The minimum atomic E-state index is -0.191. The maximum absolute atomic E-state index is 13.8. The zero-order chi connectivity index (χ0) is 14.7. The molecule has 2 nitrogen and oxygen atoms in total. The van der Waals surface area contributed by atoms with E-state index < -0.39 is 0 Å². The molecule has 0 radical (unpaired) electrons. The first kappa shape index (κ1) is 14.4. The Morgan fingerprint density at radius 2 is 1.76 bits per heavy atom. The van der Waals surface area contributed by atoms with Crippen LogP contribution in [0.5, 0.6) is 0 Å². The minimum Gasteiger partial charge on any atom is -0.380 e. The zero-order valence-corrected chi connectivity index (χ0v) is 13.3. The maximum atomic E-state index is 13.8. The molecule has 0 spiro atoms. The maximum Gasteiger partial charge on any atom is 0.146 e. The molecule has 1 aliphatic rings. The molecule has 1 aliphatic heterocycles. The van der Waals surface area contributed by atoms with E-state index in [4.69, 9.17) is 0 Å². The summed E-state index contributed by atoms with van der Waals surface area (Å²) in [6.07, 6.45) is 2.03. The van der Waals surface area contributed by atoms with Crippen molar-refractivity contribution in [3.05, 3.63) is 58.8 Å². The Kier molecular flexibility index (Phi) is 4.44. The number of rotatable bonds is 3. The summed E-state index contributed by atoms with van der Waals surface area (Å²) in [6, 6.07) is 15.8. The third kappa shape index (κ3) is 3.56. The van der Waals surface area contributed by atoms with Gasteiger partial charge in [-0.1, -0.05) is 34.1 Å². The molecule has 21 heavy (non-hydrogen) atoms. The van der Waals surface area contributed by atoms with Gasteiger partial charge in [0, 0.05) is 29.3 Å². The second-order valence-electron chi connectivity index (χ2n) is 5.37. The third-order valence-corrected chi connectivity index (χ3v) is 4.40. The quantitative estimate of drug-likeness (QED) is 0.866. The highest BCUT2D eigenvalue weighted by atomic mass is 79.9. The van der Waals surface area contributed by atoms with Gasteiger partial charge >= 0.3 is 0 Å². The van der Waals surface area contributed by atoms with Crippen LogP contribution in [0.25, 0.3) is 0 Å². The van der Waals surface area contributed by atoms with Gasteiger partial charge in [0.15, 0.2) is 0 Å². The van der Waals surface area contributed by atoms with Crippen LogP contribution in [0.3, 0.4) is 0 Å². The van der Waals surface area contributed by atoms with Gasteiger partial charge in [0.25, 0.3) is 0 Å². The van der Waals surface area contributed by atoms with Crippen LogP contribution in [0.15, 0.2) is 53.0 Å². The Hall–Kier alpha value is -1.55. The first-order valence-corrected chi connectivity index (χ1v) is 8.03. The van der Waals surface area contributed by atoms with Crippen molar-refractivity contribution in [2.24, 2.45) is 0 Å². The monoisotopic (exact) mass is 348 g/mol. The van der Waals surface area contributed by atoms with Crippen LogP contribution in [-0.4, -0.2) is 19.1 Å². The summed E-state index contributed by atoms with van der Waals surface area (Å²) < 4.78 is 14.7. The zero-order valence-electron chi connectivity index (χ0n) is 11.7. The molecule has 0 saturated carbocycles. The van der Waals surface area contributed by atoms with E-state index in [1.54, 1.807) is 12.1 Å². The van der Waals surface area contributed by atoms with Crippen LogP contribution in [-0.2, 0) is 0 Å². The lowest BCUT2D eigenvalue weighted by Gasteiger charge is -2.34. The standard InChI is InChI=1S/C17H18BrFN2/c18-13-6-7-16(19)17(12-13)20-14-8-10-21(11-9-14)15-4-2-1-3-5-15/h1-7,12,14,20H,8-11H2. The molecule has 1 saturated heterocycles. The summed E-state index contributed by atoms with van der Waals surface area (Å²) in [4.78, 5) is 2.38. The van der Waals surface area contributed by atoms with Crippen molar-refractivity contribution < 1.29 is 4.39 Å². The van der Waals surface area contributed by atoms with Crippen molar-refractivity contribution in [2.45, 2.75) is 18.9 Å². The number of nitrogens with zero attached hydrogens (tertiary/aromatic N) is 1. The van der Waals surface area contributed by atoms with Crippen molar-refractivity contribution in [2.75, 3.05) is 23.3 Å². The molecule has 0 unspecified atom stereocenters. The van der Waals surface area contributed by atoms with Crippen LogP contribution in [0, 0.1) is 5.82 Å². The van der Waals surface area contributed by atoms with Gasteiger partial charge in [-0.25, -0.2) is 4.39 Å². The molecule has 0 bridgehead atoms. The van der Waals surface area contributed by atoms with E-state index in [2.05, 4.69) is 50.4 Å². The lowest BCUT2D eigenvalue weighted by molar-refractivity contribution is 0.522. The first-order valence-electron chi connectivity index (χ1n) is 7.24. The van der Waals surface area contributed by atoms with Gasteiger partial charge in [0.05, 0.1) is 5.69 Å². The first-order chi connectivity index (χ1) is 10.2. The lowest BCUT2D eigenvalue weighted by Crippen LogP contribution is -2.39. The molecule has 110 valence electrons. The van der Waals surface area contributed by atoms with E-state index in [1.165, 1.54) is 11.8 Å². The number of piperidine rings is 1. The summed E-state index contributed by atoms with van der Waals surface area (Å²) in [5, 5.41) is 3.33. The fraction of sp³-hybridized carbons (Fsp3) is 0.294. The van der Waals surface area contributed by atoms with Crippen molar-refractivity contribution >= 4 is 27.3 Å². The summed E-state index contributed by atoms with van der Waals surface area (Å²) in [5.74, 6) is -0.191. The summed E-state index contributed by atoms with van der Waals surface area (Å²) in [5.41, 5.74) is 1.85. The van der Waals surface area contributed by atoms with E-state index in [9.17, 15) is 4.39 Å². The van der Waals surface area contributed by atoms with Crippen molar-refractivity contribution in [3.8, 4) is 0 Å². The highest BCUT2D eigenvalue weighted by Gasteiger charge is 2.20. The Bertz CT molecular complexity index is 595. The molecular weight excluding hydrogens is 331 g/mol. The SMILES string of the molecule is Fc1ccc(Br)cc1NC1CCN(c2ccccc2)CC1. The number of nitrogens with one attached hydrogen (secondary N) is 1. The van der Waals surface area contributed by atoms with Gasteiger partial charge in [0.2, 0.25) is 0 Å². The molecule has 0 atom stereocenters. The summed E-state index contributed by atoms with van der Waals surface area (Å²) >= 11 is 3.39. The fourth-order valence-corrected chi connectivity index (χ4v) is 3.11. The normalized spacial score (nSPS) is 16.0. The second-order valence-corrected chi connectivity index (χ2v) is 6.28. The molecular formula is C17H18BrFN2. The van der Waals surface area contributed by atoms with Gasteiger partial charge in [-0.3, -0.25) is 0 Å². The summed E-state index contributed by atoms with van der Waals surface area (Å²) in [7, 11) is 0. The number of hydrogen-bond donors (Lipinski definition) is 1. The Balaban J connectivity index is 1.60. The van der Waals surface area contributed by atoms with Crippen molar-refractivity contribution in [1.29, 1.82) is 0 Å². The van der Waals surface area contributed by atoms with Gasteiger partial charge in [-0.05, 0) is 43.2 Å². The molecule has 2 aromatic rings. The van der Waals surface area contributed by atoms with Gasteiger partial charge < -0.3 is 10.2 Å². The number of anilines is 2. The number of benzene rings is 2. The molecule has 1 N–H and O–H groups in total. The van der Waals surface area contributed by atoms with Gasteiger partial charge in [-0.2, -0.15) is 0 Å². The molecule has 1 fully saturated rings. The lowest BCUT2D eigenvalue weighted by atomic mass is 10.0. The third-order valence-electron chi connectivity index (χ3n) is 3.90. The Labute approximate surface area is 133 Å². The number of halogens is 2. The van der Waals surface area contributed by atoms with E-state index in [0.29, 0.717) is 11.7 Å². The van der Waals surface area contributed by atoms with Gasteiger partial charge in [-0.15, -0.1) is 0 Å². The minimum absolute atomic E-state index is 0.191. The van der Waals surface area contributed by atoms with Crippen LogP contribution in [0.4, 0.5) is 15.8 Å². The second kappa shape index (κ2) is 6.48. The van der Waals surface area contributed by atoms with E-state index in [-0.39, 0.29) is 5.82 Å². The molecule has 3 rings (SSSR count). The van der Waals surface area contributed by atoms with Crippen LogP contribution >= 0.6 is 15.9 Å². The smallest absolute Gasteiger partial charge is 0.146 e. The largest absolute Gasteiger partial charge is 0.380 e. The molecule has 1 heterocycles. The Morgan fingerprint density at radius 3 is 2.48 bits per heavy atom. The molecule has 2 aromatic carbocycles. The molecule has 0 aliphatic carbocycles. The predicted octanol–water partition coefficient (Wildman–Crippen LogP) is 4.67. The van der Waals surface area contributed by atoms with E-state index >= 15 is 0 Å². The van der Waals surface area contributed by atoms with Crippen molar-refractivity contribution in [3.63, 3.8) is 0 Å². The fourth-order valence-electron chi connectivity index (χ4n) is 2.75. The topological polar surface area (TPSA) is 15.3 Å². The molecule has 4 heteroatoms. The Morgan fingerprint density at radius 1 is 1.05 bits per heavy atom. The number of para-hydroxylation sites is 1. The van der Waals surface area contributed by atoms with Crippen LogP contribution in [0.2, 0.25) is 0 Å². The average Bonchev–Trinajstić information content (AvgIpc) is 2.53. The summed E-state index contributed by atoms with van der Waals surface area (Å²) in [6.45, 7) is 1.99. The van der Waals surface area contributed by atoms with E-state index in [0.717, 1.165) is 30.4 Å². The van der Waals surface area contributed by atoms with Crippen LogP contribution in [0.1, 0.15) is 12.8 Å². The predicted molar refractivity (Wildman–Crippen MR) is 89.4 cm³/mol. The van der Waals surface area contributed by atoms with Crippen LogP contribution < -0.4 is 10.2 Å². The van der Waals surface area contributed by atoms with Gasteiger partial charge in [0.1, 0.15) is 5.82 Å².